The van der Waals surface area contributed by atoms with E-state index in [9.17, 15) is 18.4 Å². The molecule has 140 valence electrons. The molecule has 1 aliphatic rings. The predicted molar refractivity (Wildman–Crippen MR) is 96.9 cm³/mol. The summed E-state index contributed by atoms with van der Waals surface area (Å²) in [7, 11) is 0. The number of hydrogen-bond donors (Lipinski definition) is 1. The van der Waals surface area contributed by atoms with Crippen LogP contribution in [-0.4, -0.2) is 29.9 Å². The molecule has 1 N–H and O–H groups in total. The minimum atomic E-state index is -1.05. The minimum absolute atomic E-state index is 0.0250. The maximum Gasteiger partial charge on any atom is 0.278 e. The quantitative estimate of drug-likeness (QED) is 0.788. The highest BCUT2D eigenvalue weighted by molar-refractivity contribution is 6.36. The Morgan fingerprint density at radius 1 is 0.963 bits per heavy atom. The first kappa shape index (κ1) is 18.6. The van der Waals surface area contributed by atoms with Gasteiger partial charge in [0.2, 0.25) is 0 Å². The monoisotopic (exact) mass is 372 g/mol. The van der Waals surface area contributed by atoms with Gasteiger partial charge in [0.25, 0.3) is 11.8 Å². The number of nitrogens with one attached hydrogen (secondary N) is 1. The molecule has 0 radical (unpaired) electrons. The van der Waals surface area contributed by atoms with Gasteiger partial charge in [0.05, 0.1) is 12.2 Å². The van der Waals surface area contributed by atoms with Crippen molar-refractivity contribution in [2.75, 3.05) is 18.5 Å². The zero-order valence-electron chi connectivity index (χ0n) is 14.9. The van der Waals surface area contributed by atoms with Gasteiger partial charge in [-0.25, -0.2) is 8.78 Å². The first-order valence-corrected chi connectivity index (χ1v) is 8.52. The van der Waals surface area contributed by atoms with Gasteiger partial charge in [0.1, 0.15) is 11.4 Å². The molecule has 0 aliphatic carbocycles. The number of halogens is 2. The lowest BCUT2D eigenvalue weighted by molar-refractivity contribution is -0.136. The summed E-state index contributed by atoms with van der Waals surface area (Å²) in [5.41, 5.74) is 0.899. The van der Waals surface area contributed by atoms with Crippen LogP contribution in [0.4, 0.5) is 14.5 Å². The number of rotatable bonds is 6. The van der Waals surface area contributed by atoms with E-state index in [0.717, 1.165) is 17.0 Å². The van der Waals surface area contributed by atoms with Crippen molar-refractivity contribution in [1.29, 1.82) is 0 Å². The van der Waals surface area contributed by atoms with Crippen LogP contribution >= 0.6 is 0 Å². The lowest BCUT2D eigenvalue weighted by Crippen LogP contribution is -2.32. The third-order valence-electron chi connectivity index (χ3n) is 4.13. The van der Waals surface area contributed by atoms with Crippen LogP contribution in [0.1, 0.15) is 19.4 Å². The average Bonchev–Trinajstić information content (AvgIpc) is 2.89. The highest BCUT2D eigenvalue weighted by Gasteiger charge is 2.38. The minimum Gasteiger partial charge on any atom is -0.494 e. The molecule has 0 saturated heterocycles. The van der Waals surface area contributed by atoms with E-state index in [2.05, 4.69) is 5.32 Å². The summed E-state index contributed by atoms with van der Waals surface area (Å²) < 4.78 is 32.0. The van der Waals surface area contributed by atoms with E-state index in [4.69, 9.17) is 4.74 Å². The molecular weight excluding hydrogens is 354 g/mol. The van der Waals surface area contributed by atoms with Crippen molar-refractivity contribution in [3.05, 3.63) is 65.4 Å². The number of ether oxygens (including phenoxy) is 1. The van der Waals surface area contributed by atoms with Gasteiger partial charge in [-0.15, -0.1) is 0 Å². The van der Waals surface area contributed by atoms with Gasteiger partial charge in [-0.05, 0) is 43.7 Å². The number of likely N-dealkylation sites (N-methyl/N-ethyl adjacent to an activating group) is 1. The second-order valence-electron chi connectivity index (χ2n) is 5.82. The van der Waals surface area contributed by atoms with E-state index in [-0.39, 0.29) is 23.5 Å². The van der Waals surface area contributed by atoms with Crippen LogP contribution in [-0.2, 0) is 9.59 Å². The predicted octanol–water partition coefficient (Wildman–Crippen LogP) is 3.58. The standard InChI is InChI=1S/C20H18F2N2O3/c1-3-24-19(25)17(12-5-8-14(9-6-12)27-4-2)18(20(24)26)23-13-7-10-15(21)16(22)11-13/h5-11,23H,3-4H2,1-2H3. The number of hydrogen-bond acceptors (Lipinski definition) is 4. The fourth-order valence-electron chi connectivity index (χ4n) is 2.85. The van der Waals surface area contributed by atoms with Gasteiger partial charge in [0, 0.05) is 18.3 Å². The van der Waals surface area contributed by atoms with Crippen molar-refractivity contribution in [1.82, 2.24) is 4.90 Å². The molecule has 3 rings (SSSR count). The zero-order valence-corrected chi connectivity index (χ0v) is 14.9. The van der Waals surface area contributed by atoms with Gasteiger partial charge in [-0.1, -0.05) is 12.1 Å². The Labute approximate surface area is 155 Å². The molecule has 5 nitrogen and oxygen atoms in total. The number of amides is 2. The molecule has 7 heteroatoms. The van der Waals surface area contributed by atoms with Gasteiger partial charge in [-0.3, -0.25) is 14.5 Å². The van der Waals surface area contributed by atoms with Crippen LogP contribution in [0.3, 0.4) is 0 Å². The van der Waals surface area contributed by atoms with Crippen molar-refractivity contribution in [3.63, 3.8) is 0 Å². The number of anilines is 1. The Balaban J connectivity index is 2.03. The molecule has 0 bridgehead atoms. The van der Waals surface area contributed by atoms with Gasteiger partial charge < -0.3 is 10.1 Å². The Bertz CT molecular complexity index is 923. The highest BCUT2D eigenvalue weighted by Crippen LogP contribution is 2.31. The topological polar surface area (TPSA) is 58.6 Å². The summed E-state index contributed by atoms with van der Waals surface area (Å²) in [6.45, 7) is 4.25. The number of nitrogens with zero attached hydrogens (tertiary/aromatic N) is 1. The number of imide groups is 1. The molecule has 1 heterocycles. The second-order valence-corrected chi connectivity index (χ2v) is 5.82. The summed E-state index contributed by atoms with van der Waals surface area (Å²) in [5, 5.41) is 2.77. The van der Waals surface area contributed by atoms with E-state index in [0.29, 0.717) is 17.9 Å². The van der Waals surface area contributed by atoms with E-state index in [1.807, 2.05) is 6.92 Å². The molecule has 0 unspecified atom stereocenters. The van der Waals surface area contributed by atoms with Crippen LogP contribution in [0.2, 0.25) is 0 Å². The normalized spacial score (nSPS) is 14.1. The van der Waals surface area contributed by atoms with Crippen molar-refractivity contribution in [2.45, 2.75) is 13.8 Å². The Hall–Kier alpha value is -3.22. The average molecular weight is 372 g/mol. The summed E-state index contributed by atoms with van der Waals surface area (Å²) in [4.78, 5) is 26.5. The largest absolute Gasteiger partial charge is 0.494 e. The van der Waals surface area contributed by atoms with Crippen molar-refractivity contribution >= 4 is 23.1 Å². The molecule has 0 saturated carbocycles. The van der Waals surface area contributed by atoms with E-state index in [1.54, 1.807) is 31.2 Å². The Kier molecular flexibility index (Phi) is 5.21. The molecule has 27 heavy (non-hydrogen) atoms. The van der Waals surface area contributed by atoms with E-state index >= 15 is 0 Å². The molecule has 0 atom stereocenters. The highest BCUT2D eigenvalue weighted by atomic mass is 19.2. The van der Waals surface area contributed by atoms with Crippen LogP contribution in [0, 0.1) is 11.6 Å². The SMILES string of the molecule is CCOc1ccc(C2=C(Nc3ccc(F)c(F)c3)C(=O)N(CC)C2=O)cc1. The lowest BCUT2D eigenvalue weighted by Gasteiger charge is -2.12. The first-order valence-electron chi connectivity index (χ1n) is 8.52. The van der Waals surface area contributed by atoms with Crippen LogP contribution in [0.15, 0.2) is 48.2 Å². The molecule has 0 aromatic heterocycles. The fraction of sp³-hybridized carbons (Fsp3) is 0.200. The summed E-state index contributed by atoms with van der Waals surface area (Å²) in [5.74, 6) is -2.37. The van der Waals surface area contributed by atoms with Gasteiger partial charge in [-0.2, -0.15) is 0 Å². The smallest absolute Gasteiger partial charge is 0.278 e. The summed E-state index contributed by atoms with van der Waals surface area (Å²) >= 11 is 0. The van der Waals surface area contributed by atoms with Crippen LogP contribution in [0.25, 0.3) is 5.57 Å². The van der Waals surface area contributed by atoms with Gasteiger partial charge >= 0.3 is 0 Å². The molecule has 2 aromatic carbocycles. The Morgan fingerprint density at radius 3 is 2.26 bits per heavy atom. The van der Waals surface area contributed by atoms with Crippen molar-refractivity contribution < 1.29 is 23.1 Å². The van der Waals surface area contributed by atoms with E-state index in [1.165, 1.54) is 6.07 Å². The maximum absolute atomic E-state index is 13.5. The molecule has 0 fully saturated rings. The Morgan fingerprint density at radius 2 is 1.67 bits per heavy atom. The maximum atomic E-state index is 13.5. The van der Waals surface area contributed by atoms with Crippen molar-refractivity contribution in [2.24, 2.45) is 0 Å². The van der Waals surface area contributed by atoms with E-state index < -0.39 is 23.4 Å². The molecule has 2 amide bonds. The van der Waals surface area contributed by atoms with Crippen LogP contribution < -0.4 is 10.1 Å². The molecule has 2 aromatic rings. The first-order chi connectivity index (χ1) is 13.0. The van der Waals surface area contributed by atoms with Crippen LogP contribution in [0.5, 0.6) is 5.75 Å². The lowest BCUT2D eigenvalue weighted by atomic mass is 10.0. The van der Waals surface area contributed by atoms with Gasteiger partial charge in [0.15, 0.2) is 11.6 Å². The summed E-state index contributed by atoms with van der Waals surface area (Å²) in [6, 6.07) is 9.95. The number of benzene rings is 2. The van der Waals surface area contributed by atoms with Crippen molar-refractivity contribution in [3.8, 4) is 5.75 Å². The number of carbonyl (C=O) groups is 2. The third-order valence-corrected chi connectivity index (χ3v) is 4.13. The molecular formula is C20H18F2N2O3. The fourth-order valence-corrected chi connectivity index (χ4v) is 2.85. The molecule has 0 spiro atoms. The molecule has 1 aliphatic heterocycles. The number of carbonyl (C=O) groups excluding carboxylic acids is 2. The summed E-state index contributed by atoms with van der Waals surface area (Å²) in [6.07, 6.45) is 0. The second kappa shape index (κ2) is 7.57. The third kappa shape index (κ3) is 3.53. The zero-order chi connectivity index (χ0) is 19.6.